The van der Waals surface area contributed by atoms with Crippen molar-refractivity contribution in [3.63, 3.8) is 0 Å². The van der Waals surface area contributed by atoms with Crippen LogP contribution in [-0.4, -0.2) is 21.8 Å². The van der Waals surface area contributed by atoms with Gasteiger partial charge in [-0.1, -0.05) is 30.3 Å². The topological polar surface area (TPSA) is 70.2 Å². The summed E-state index contributed by atoms with van der Waals surface area (Å²) in [5.41, 5.74) is 1.51. The molecule has 0 bridgehead atoms. The zero-order chi connectivity index (χ0) is 12.3. The molecule has 86 valence electrons. The summed E-state index contributed by atoms with van der Waals surface area (Å²) in [6.45, 7) is 0. The van der Waals surface area contributed by atoms with Crippen molar-refractivity contribution in [2.75, 3.05) is 0 Å². The van der Waals surface area contributed by atoms with E-state index in [0.29, 0.717) is 17.0 Å². The van der Waals surface area contributed by atoms with Crippen molar-refractivity contribution in [3.05, 3.63) is 59.4 Å². The minimum Gasteiger partial charge on any atom is -0.481 e. The van der Waals surface area contributed by atoms with Gasteiger partial charge in [-0.05, 0) is 12.1 Å². The van der Waals surface area contributed by atoms with Gasteiger partial charge in [0.1, 0.15) is 0 Å². The number of carboxylic acid groups (broad SMARTS) is 1. The first kappa shape index (κ1) is 11.1. The molecule has 1 aromatic carbocycles. The molecule has 0 radical (unpaired) electrons. The molecule has 0 atom stereocenters. The number of hydrogen-bond donors (Lipinski definition) is 2. The number of H-pyrrole nitrogens is 1. The van der Waals surface area contributed by atoms with E-state index >= 15 is 0 Å². The second kappa shape index (κ2) is 4.65. The minimum absolute atomic E-state index is 0.109. The Kier molecular flexibility index (Phi) is 3.05. The van der Waals surface area contributed by atoms with E-state index in [0.717, 1.165) is 0 Å². The predicted molar refractivity (Wildman–Crippen MR) is 62.0 cm³/mol. The molecule has 2 aromatic rings. The number of carboxylic acids is 1. The quantitative estimate of drug-likeness (QED) is 0.786. The lowest BCUT2D eigenvalue weighted by Gasteiger charge is -1.97. The van der Waals surface area contributed by atoms with Crippen LogP contribution < -0.4 is 0 Å². The second-order valence-corrected chi connectivity index (χ2v) is 3.66. The molecule has 0 saturated heterocycles. The van der Waals surface area contributed by atoms with Gasteiger partial charge in [-0.3, -0.25) is 9.59 Å². The van der Waals surface area contributed by atoms with E-state index in [1.165, 1.54) is 0 Å². The van der Waals surface area contributed by atoms with Gasteiger partial charge in [-0.25, -0.2) is 0 Å². The fourth-order valence-corrected chi connectivity index (χ4v) is 1.58. The first-order chi connectivity index (χ1) is 8.16. The zero-order valence-electron chi connectivity index (χ0n) is 9.01. The van der Waals surface area contributed by atoms with Crippen LogP contribution in [0.2, 0.25) is 0 Å². The highest BCUT2D eigenvalue weighted by Crippen LogP contribution is 2.10. The monoisotopic (exact) mass is 229 g/mol. The van der Waals surface area contributed by atoms with Gasteiger partial charge in [-0.15, -0.1) is 0 Å². The summed E-state index contributed by atoms with van der Waals surface area (Å²) in [6.07, 6.45) is -0.109. The van der Waals surface area contributed by atoms with Crippen molar-refractivity contribution in [3.8, 4) is 0 Å². The van der Waals surface area contributed by atoms with E-state index in [2.05, 4.69) is 4.98 Å². The van der Waals surface area contributed by atoms with Gasteiger partial charge in [-0.2, -0.15) is 0 Å². The molecule has 2 N–H and O–H groups in total. The van der Waals surface area contributed by atoms with E-state index in [9.17, 15) is 9.59 Å². The van der Waals surface area contributed by atoms with E-state index in [-0.39, 0.29) is 12.2 Å². The van der Waals surface area contributed by atoms with Gasteiger partial charge in [0.15, 0.2) is 0 Å². The smallest absolute Gasteiger partial charge is 0.309 e. The van der Waals surface area contributed by atoms with Gasteiger partial charge in [0.2, 0.25) is 5.78 Å². The first-order valence-electron chi connectivity index (χ1n) is 5.16. The molecule has 4 nitrogen and oxygen atoms in total. The number of ketones is 1. The maximum Gasteiger partial charge on any atom is 0.309 e. The number of carbonyl (C=O) groups is 2. The first-order valence-corrected chi connectivity index (χ1v) is 5.16. The third kappa shape index (κ3) is 2.60. The van der Waals surface area contributed by atoms with Crippen LogP contribution in [0.3, 0.4) is 0 Å². The Balaban J connectivity index is 2.21. The van der Waals surface area contributed by atoms with Crippen LogP contribution in [-0.2, 0) is 11.2 Å². The van der Waals surface area contributed by atoms with Crippen molar-refractivity contribution in [1.82, 2.24) is 4.98 Å². The Morgan fingerprint density at radius 3 is 2.41 bits per heavy atom. The number of benzene rings is 1. The van der Waals surface area contributed by atoms with Crippen LogP contribution in [0.25, 0.3) is 0 Å². The molecule has 2 rings (SSSR count). The highest BCUT2D eigenvalue weighted by Gasteiger charge is 2.11. The number of nitrogens with one attached hydrogen (secondary N) is 1. The number of carbonyl (C=O) groups excluding carboxylic acids is 1. The maximum atomic E-state index is 12.0. The summed E-state index contributed by atoms with van der Waals surface area (Å²) in [5.74, 6) is -1.06. The van der Waals surface area contributed by atoms with E-state index in [1.807, 2.05) is 6.07 Å². The standard InChI is InChI=1S/C13H11NO3/c15-12(16)8-10-6-7-11(14-10)13(17)9-4-2-1-3-5-9/h1-7,14H,8H2,(H,15,16). The van der Waals surface area contributed by atoms with Gasteiger partial charge in [0, 0.05) is 11.3 Å². The van der Waals surface area contributed by atoms with E-state index in [4.69, 9.17) is 5.11 Å². The normalized spacial score (nSPS) is 10.1. The number of aromatic amines is 1. The number of hydrogen-bond acceptors (Lipinski definition) is 2. The third-order valence-electron chi connectivity index (χ3n) is 2.37. The molecule has 0 aliphatic carbocycles. The van der Waals surface area contributed by atoms with Crippen LogP contribution in [0, 0.1) is 0 Å². The fourth-order valence-electron chi connectivity index (χ4n) is 1.58. The highest BCUT2D eigenvalue weighted by molar-refractivity contribution is 6.07. The summed E-state index contributed by atoms with van der Waals surface area (Å²) in [4.78, 5) is 25.3. The average molecular weight is 229 g/mol. The minimum atomic E-state index is -0.925. The summed E-state index contributed by atoms with van der Waals surface area (Å²) in [6, 6.07) is 12.1. The van der Waals surface area contributed by atoms with Crippen molar-refractivity contribution < 1.29 is 14.7 Å². The van der Waals surface area contributed by atoms with Crippen molar-refractivity contribution in [2.24, 2.45) is 0 Å². The summed E-state index contributed by atoms with van der Waals surface area (Å²) in [7, 11) is 0. The molecule has 17 heavy (non-hydrogen) atoms. The molecule has 0 spiro atoms. The third-order valence-corrected chi connectivity index (χ3v) is 2.37. The SMILES string of the molecule is O=C(O)Cc1ccc(C(=O)c2ccccc2)[nH]1. The van der Waals surface area contributed by atoms with E-state index in [1.54, 1.807) is 36.4 Å². The van der Waals surface area contributed by atoms with Gasteiger partial charge in [0.05, 0.1) is 12.1 Å². The molecule has 0 unspecified atom stereocenters. The molecule has 0 saturated carbocycles. The number of rotatable bonds is 4. The largest absolute Gasteiger partial charge is 0.481 e. The van der Waals surface area contributed by atoms with Gasteiger partial charge >= 0.3 is 5.97 Å². The Labute approximate surface area is 97.9 Å². The maximum absolute atomic E-state index is 12.0. The van der Waals surface area contributed by atoms with Crippen LogP contribution in [0.5, 0.6) is 0 Å². The average Bonchev–Trinajstić information content (AvgIpc) is 2.77. The predicted octanol–water partition coefficient (Wildman–Crippen LogP) is 1.87. The number of aromatic nitrogens is 1. The van der Waals surface area contributed by atoms with Gasteiger partial charge in [0.25, 0.3) is 0 Å². The molecule has 4 heteroatoms. The lowest BCUT2D eigenvalue weighted by Crippen LogP contribution is -2.03. The summed E-state index contributed by atoms with van der Waals surface area (Å²) in [5, 5.41) is 8.63. The lowest BCUT2D eigenvalue weighted by molar-refractivity contribution is -0.136. The van der Waals surface area contributed by atoms with Crippen LogP contribution in [0.15, 0.2) is 42.5 Å². The van der Waals surface area contributed by atoms with Crippen LogP contribution in [0.1, 0.15) is 21.7 Å². The highest BCUT2D eigenvalue weighted by atomic mass is 16.4. The molecule has 0 amide bonds. The van der Waals surface area contributed by atoms with Crippen LogP contribution in [0.4, 0.5) is 0 Å². The molecular formula is C13H11NO3. The molecule has 1 aromatic heterocycles. The molecule has 0 aliphatic heterocycles. The van der Waals surface area contributed by atoms with Gasteiger partial charge < -0.3 is 10.1 Å². The summed E-state index contributed by atoms with van der Waals surface area (Å²) >= 11 is 0. The van der Waals surface area contributed by atoms with Crippen molar-refractivity contribution >= 4 is 11.8 Å². The van der Waals surface area contributed by atoms with Crippen LogP contribution >= 0.6 is 0 Å². The molecular weight excluding hydrogens is 218 g/mol. The summed E-state index contributed by atoms with van der Waals surface area (Å²) < 4.78 is 0. The Bertz CT molecular complexity index is 543. The lowest BCUT2D eigenvalue weighted by atomic mass is 10.1. The number of aliphatic carboxylic acids is 1. The van der Waals surface area contributed by atoms with E-state index < -0.39 is 5.97 Å². The molecule has 0 fully saturated rings. The van der Waals surface area contributed by atoms with Crippen molar-refractivity contribution in [1.29, 1.82) is 0 Å². The Morgan fingerprint density at radius 2 is 1.76 bits per heavy atom. The Morgan fingerprint density at radius 1 is 1.06 bits per heavy atom. The molecule has 1 heterocycles. The second-order valence-electron chi connectivity index (χ2n) is 3.66. The Hall–Kier alpha value is -2.36. The zero-order valence-corrected chi connectivity index (χ0v) is 9.01. The molecule has 0 aliphatic rings. The van der Waals surface area contributed by atoms with Crippen molar-refractivity contribution in [2.45, 2.75) is 6.42 Å². The fraction of sp³-hybridized carbons (Fsp3) is 0.0769.